The lowest BCUT2D eigenvalue weighted by Gasteiger charge is -2.10. The molecular weight excluding hydrogens is 404 g/mol. The van der Waals surface area contributed by atoms with Gasteiger partial charge in [0, 0.05) is 23.7 Å². The minimum absolute atomic E-state index is 0.0637. The van der Waals surface area contributed by atoms with E-state index in [1.807, 2.05) is 13.8 Å². The molecule has 3 amide bonds. The third kappa shape index (κ3) is 7.88. The predicted molar refractivity (Wildman–Crippen MR) is 118 cm³/mol. The van der Waals surface area contributed by atoms with Crippen molar-refractivity contribution in [2.45, 2.75) is 27.2 Å². The highest BCUT2D eigenvalue weighted by atomic mass is 32.1. The Morgan fingerprint density at radius 1 is 1.07 bits per heavy atom. The van der Waals surface area contributed by atoms with Crippen molar-refractivity contribution in [3.63, 3.8) is 0 Å². The molecule has 0 spiro atoms. The number of carbonyl (C=O) groups excluding carboxylic acids is 3. The van der Waals surface area contributed by atoms with Crippen LogP contribution in [0.4, 0.5) is 5.69 Å². The van der Waals surface area contributed by atoms with E-state index in [1.165, 1.54) is 12.2 Å². The molecular formula is C21H24N4O4S. The summed E-state index contributed by atoms with van der Waals surface area (Å²) in [7, 11) is 0. The van der Waals surface area contributed by atoms with Crippen molar-refractivity contribution >= 4 is 46.8 Å². The van der Waals surface area contributed by atoms with Gasteiger partial charge in [0.15, 0.2) is 5.11 Å². The molecule has 2 rings (SSSR count). The maximum atomic E-state index is 12.2. The van der Waals surface area contributed by atoms with Gasteiger partial charge in [0.1, 0.15) is 11.5 Å². The molecule has 0 fully saturated rings. The van der Waals surface area contributed by atoms with Crippen LogP contribution in [-0.2, 0) is 9.59 Å². The minimum Gasteiger partial charge on any atom is -0.462 e. The van der Waals surface area contributed by atoms with Gasteiger partial charge in [-0.15, -0.1) is 0 Å². The topological polar surface area (TPSA) is 112 Å². The van der Waals surface area contributed by atoms with Gasteiger partial charge < -0.3 is 9.73 Å². The second-order valence-corrected chi connectivity index (χ2v) is 7.31. The van der Waals surface area contributed by atoms with Crippen LogP contribution < -0.4 is 21.5 Å². The molecule has 0 unspecified atom stereocenters. The van der Waals surface area contributed by atoms with E-state index in [0.29, 0.717) is 23.4 Å². The first-order valence-electron chi connectivity index (χ1n) is 9.28. The Labute approximate surface area is 180 Å². The standard InChI is InChI=1S/C21H24N4O4S/c1-13(2)12-19(27)22-16-7-5-15(6-8-16)20(28)24-25-21(30)23-18(26)11-10-17-9-4-14(3)29-17/h4-11,13H,12H2,1-3H3,(H,22,27)(H,24,28)(H2,23,25,26,30)/b11-10+. The fourth-order valence-corrected chi connectivity index (χ4v) is 2.51. The first kappa shape index (κ1) is 22.8. The van der Waals surface area contributed by atoms with Gasteiger partial charge in [-0.1, -0.05) is 13.8 Å². The smallest absolute Gasteiger partial charge is 0.269 e. The lowest BCUT2D eigenvalue weighted by atomic mass is 10.1. The zero-order valence-electron chi connectivity index (χ0n) is 16.9. The number of thiocarbonyl (C=S) groups is 1. The predicted octanol–water partition coefficient (Wildman–Crippen LogP) is 2.92. The molecule has 2 aromatic rings. The summed E-state index contributed by atoms with van der Waals surface area (Å²) in [4.78, 5) is 35.8. The van der Waals surface area contributed by atoms with Gasteiger partial charge in [0.05, 0.1) is 0 Å². The molecule has 0 saturated heterocycles. The summed E-state index contributed by atoms with van der Waals surface area (Å²) in [5.41, 5.74) is 5.80. The highest BCUT2D eigenvalue weighted by Gasteiger charge is 2.09. The van der Waals surface area contributed by atoms with Crippen LogP contribution in [-0.4, -0.2) is 22.8 Å². The number of aryl methyl sites for hydroxylation is 1. The van der Waals surface area contributed by atoms with E-state index >= 15 is 0 Å². The van der Waals surface area contributed by atoms with Gasteiger partial charge in [-0.3, -0.25) is 30.6 Å². The van der Waals surface area contributed by atoms with E-state index in [1.54, 1.807) is 43.3 Å². The monoisotopic (exact) mass is 428 g/mol. The average Bonchev–Trinajstić information content (AvgIpc) is 3.09. The van der Waals surface area contributed by atoms with Crippen molar-refractivity contribution in [2.75, 3.05) is 5.32 Å². The summed E-state index contributed by atoms with van der Waals surface area (Å²) >= 11 is 4.97. The Bertz CT molecular complexity index is 948. The van der Waals surface area contributed by atoms with Gasteiger partial charge in [-0.05, 0) is 67.5 Å². The highest BCUT2D eigenvalue weighted by molar-refractivity contribution is 7.80. The largest absolute Gasteiger partial charge is 0.462 e. The molecule has 158 valence electrons. The van der Waals surface area contributed by atoms with Crippen molar-refractivity contribution in [2.24, 2.45) is 5.92 Å². The molecule has 9 heteroatoms. The molecule has 0 radical (unpaired) electrons. The van der Waals surface area contributed by atoms with Gasteiger partial charge in [-0.2, -0.15) is 0 Å². The third-order valence-electron chi connectivity index (χ3n) is 3.71. The number of nitrogens with one attached hydrogen (secondary N) is 4. The fraction of sp³-hybridized carbons (Fsp3) is 0.238. The lowest BCUT2D eigenvalue weighted by molar-refractivity contribution is -0.117. The fourth-order valence-electron chi connectivity index (χ4n) is 2.36. The van der Waals surface area contributed by atoms with Crippen LogP contribution in [0.5, 0.6) is 0 Å². The van der Waals surface area contributed by atoms with Gasteiger partial charge in [0.25, 0.3) is 5.91 Å². The summed E-state index contributed by atoms with van der Waals surface area (Å²) in [6.45, 7) is 5.72. The number of benzene rings is 1. The number of hydrazine groups is 1. The lowest BCUT2D eigenvalue weighted by Crippen LogP contribution is -2.48. The molecule has 0 saturated carbocycles. The van der Waals surface area contributed by atoms with Crippen LogP contribution in [0, 0.1) is 12.8 Å². The number of hydrogen-bond acceptors (Lipinski definition) is 5. The number of rotatable bonds is 6. The van der Waals surface area contributed by atoms with E-state index < -0.39 is 11.8 Å². The van der Waals surface area contributed by atoms with Crippen LogP contribution in [0.1, 0.15) is 42.1 Å². The van der Waals surface area contributed by atoms with Crippen molar-refractivity contribution in [3.8, 4) is 0 Å². The van der Waals surface area contributed by atoms with Gasteiger partial charge in [0.2, 0.25) is 11.8 Å². The molecule has 0 aliphatic rings. The summed E-state index contributed by atoms with van der Waals surface area (Å²) in [5.74, 6) is 0.529. The number of carbonyl (C=O) groups is 3. The molecule has 0 aliphatic carbocycles. The zero-order valence-corrected chi connectivity index (χ0v) is 17.8. The van der Waals surface area contributed by atoms with Crippen molar-refractivity contribution in [1.82, 2.24) is 16.2 Å². The van der Waals surface area contributed by atoms with E-state index in [2.05, 4.69) is 21.5 Å². The SMILES string of the molecule is Cc1ccc(/C=C/C(=O)NC(=S)NNC(=O)c2ccc(NC(=O)CC(C)C)cc2)o1. The van der Waals surface area contributed by atoms with Crippen LogP contribution >= 0.6 is 12.2 Å². The van der Waals surface area contributed by atoms with E-state index in [-0.39, 0.29) is 16.9 Å². The van der Waals surface area contributed by atoms with Gasteiger partial charge in [-0.25, -0.2) is 0 Å². The number of hydrogen-bond donors (Lipinski definition) is 4. The third-order valence-corrected chi connectivity index (χ3v) is 3.92. The molecule has 1 aromatic carbocycles. The Hall–Kier alpha value is -3.46. The molecule has 30 heavy (non-hydrogen) atoms. The highest BCUT2D eigenvalue weighted by Crippen LogP contribution is 2.11. The summed E-state index contributed by atoms with van der Waals surface area (Å²) in [5, 5.41) is 5.11. The molecule has 4 N–H and O–H groups in total. The van der Waals surface area contributed by atoms with Crippen molar-refractivity contribution in [1.29, 1.82) is 0 Å². The van der Waals surface area contributed by atoms with Crippen LogP contribution in [0.3, 0.4) is 0 Å². The molecule has 8 nitrogen and oxygen atoms in total. The molecule has 0 aliphatic heterocycles. The normalized spacial score (nSPS) is 10.7. The number of amides is 3. The van der Waals surface area contributed by atoms with Gasteiger partial charge >= 0.3 is 0 Å². The molecule has 0 atom stereocenters. The maximum Gasteiger partial charge on any atom is 0.269 e. The average molecular weight is 429 g/mol. The quantitative estimate of drug-likeness (QED) is 0.320. The van der Waals surface area contributed by atoms with Crippen molar-refractivity contribution < 1.29 is 18.8 Å². The first-order chi connectivity index (χ1) is 14.2. The summed E-state index contributed by atoms with van der Waals surface area (Å²) in [6.07, 6.45) is 3.19. The van der Waals surface area contributed by atoms with Crippen LogP contribution in [0.15, 0.2) is 46.9 Å². The van der Waals surface area contributed by atoms with E-state index in [4.69, 9.17) is 16.6 Å². The molecule has 1 heterocycles. The molecule has 1 aromatic heterocycles. The summed E-state index contributed by atoms with van der Waals surface area (Å²) < 4.78 is 5.32. The zero-order chi connectivity index (χ0) is 22.1. The Morgan fingerprint density at radius 2 is 1.77 bits per heavy atom. The second kappa shape index (κ2) is 10.9. The molecule has 0 bridgehead atoms. The first-order valence-corrected chi connectivity index (χ1v) is 9.69. The van der Waals surface area contributed by atoms with Crippen LogP contribution in [0.25, 0.3) is 6.08 Å². The maximum absolute atomic E-state index is 12.2. The van der Waals surface area contributed by atoms with E-state index in [0.717, 1.165) is 5.76 Å². The Kier molecular flexibility index (Phi) is 8.30. The minimum atomic E-state index is -0.475. The Balaban J connectivity index is 1.77. The van der Waals surface area contributed by atoms with Crippen molar-refractivity contribution in [3.05, 3.63) is 59.6 Å². The second-order valence-electron chi connectivity index (χ2n) is 6.90. The number of anilines is 1. The van der Waals surface area contributed by atoms with Crippen LogP contribution in [0.2, 0.25) is 0 Å². The Morgan fingerprint density at radius 3 is 2.37 bits per heavy atom. The number of furan rings is 1. The van der Waals surface area contributed by atoms with E-state index in [9.17, 15) is 14.4 Å². The summed E-state index contributed by atoms with van der Waals surface area (Å²) in [6, 6.07) is 9.92.